The minimum atomic E-state index is -4.39. The van der Waals surface area contributed by atoms with Gasteiger partial charge in [-0.2, -0.15) is 0 Å². The maximum Gasteiger partial charge on any atom is 0.293 e. The van der Waals surface area contributed by atoms with Gasteiger partial charge in [0, 0.05) is 18.2 Å². The Morgan fingerprint density at radius 3 is 2.16 bits per heavy atom. The van der Waals surface area contributed by atoms with Crippen molar-refractivity contribution in [2.75, 3.05) is 18.5 Å². The molecule has 3 aromatic carbocycles. The van der Waals surface area contributed by atoms with E-state index in [-0.39, 0.29) is 30.2 Å². The molecular formula is C21H18FN3O6S. The van der Waals surface area contributed by atoms with Gasteiger partial charge in [0.1, 0.15) is 11.5 Å². The fourth-order valence-electron chi connectivity index (χ4n) is 2.87. The molecule has 3 N–H and O–H groups in total. The molecule has 0 aliphatic carbocycles. The summed E-state index contributed by atoms with van der Waals surface area (Å²) in [7, 11) is -4.39. The normalized spacial score (nSPS) is 11.1. The summed E-state index contributed by atoms with van der Waals surface area (Å²) in [6.07, 6.45) is 0. The number of benzene rings is 3. The number of hydrogen-bond acceptors (Lipinski definition) is 7. The molecule has 0 radical (unpaired) electrons. The molecule has 1 amide bonds. The van der Waals surface area contributed by atoms with Gasteiger partial charge in [0.2, 0.25) is 0 Å². The summed E-state index contributed by atoms with van der Waals surface area (Å²) in [5, 5.41) is 22.7. The molecule has 0 fully saturated rings. The lowest BCUT2D eigenvalue weighted by Crippen LogP contribution is -2.30. The minimum Gasteiger partial charge on any atom is -0.395 e. The lowest BCUT2D eigenvalue weighted by molar-refractivity contribution is -0.384. The van der Waals surface area contributed by atoms with Crippen molar-refractivity contribution in [1.29, 1.82) is 0 Å². The molecule has 0 aliphatic rings. The number of nitro benzene ring substituents is 1. The van der Waals surface area contributed by atoms with Crippen molar-refractivity contribution in [3.05, 3.63) is 88.2 Å². The highest BCUT2D eigenvalue weighted by Gasteiger charge is 2.23. The van der Waals surface area contributed by atoms with E-state index >= 15 is 0 Å². The van der Waals surface area contributed by atoms with E-state index in [0.29, 0.717) is 11.1 Å². The Kier molecular flexibility index (Phi) is 6.81. The Morgan fingerprint density at radius 1 is 1.00 bits per heavy atom. The highest BCUT2D eigenvalue weighted by atomic mass is 32.2. The molecule has 32 heavy (non-hydrogen) atoms. The number of carbonyl (C=O) groups is 1. The van der Waals surface area contributed by atoms with Crippen LogP contribution in [-0.2, 0) is 10.0 Å². The van der Waals surface area contributed by atoms with Gasteiger partial charge in [0.05, 0.1) is 16.4 Å². The Morgan fingerprint density at radius 2 is 1.59 bits per heavy atom. The predicted octanol–water partition coefficient (Wildman–Crippen LogP) is 2.92. The SMILES string of the molecule is O=C(NS(=O)(=O)c1ccc(NCCO)c([N+](=O)[O-])c1)c1ccc(-c2ccc(F)cc2)cc1. The molecule has 0 aromatic heterocycles. The van der Waals surface area contributed by atoms with Crippen molar-refractivity contribution in [3.63, 3.8) is 0 Å². The number of nitro groups is 1. The highest BCUT2D eigenvalue weighted by molar-refractivity contribution is 7.90. The van der Waals surface area contributed by atoms with Gasteiger partial charge in [-0.15, -0.1) is 0 Å². The van der Waals surface area contributed by atoms with E-state index in [2.05, 4.69) is 5.32 Å². The number of aliphatic hydroxyl groups is 1. The van der Waals surface area contributed by atoms with E-state index in [9.17, 15) is 27.7 Å². The molecule has 3 rings (SSSR count). The number of rotatable bonds is 8. The van der Waals surface area contributed by atoms with Gasteiger partial charge in [-0.3, -0.25) is 14.9 Å². The molecule has 0 spiro atoms. The van der Waals surface area contributed by atoms with Crippen LogP contribution in [-0.4, -0.2) is 37.5 Å². The van der Waals surface area contributed by atoms with Crippen molar-refractivity contribution >= 4 is 27.3 Å². The Bertz CT molecular complexity index is 1250. The van der Waals surface area contributed by atoms with Crippen LogP contribution in [0.4, 0.5) is 15.8 Å². The monoisotopic (exact) mass is 459 g/mol. The van der Waals surface area contributed by atoms with Gasteiger partial charge in [0.15, 0.2) is 0 Å². The fourth-order valence-corrected chi connectivity index (χ4v) is 3.86. The number of nitrogens with one attached hydrogen (secondary N) is 2. The summed E-state index contributed by atoms with van der Waals surface area (Å²) in [5.41, 5.74) is 0.984. The number of carbonyl (C=O) groups excluding carboxylic acids is 1. The molecule has 166 valence electrons. The van der Waals surface area contributed by atoms with E-state index in [1.165, 1.54) is 30.3 Å². The van der Waals surface area contributed by atoms with Crippen LogP contribution in [0, 0.1) is 15.9 Å². The van der Waals surface area contributed by atoms with Crippen molar-refractivity contribution in [2.45, 2.75) is 4.90 Å². The third-order valence-electron chi connectivity index (χ3n) is 4.46. The van der Waals surface area contributed by atoms with E-state index < -0.39 is 31.4 Å². The van der Waals surface area contributed by atoms with Gasteiger partial charge in [-0.1, -0.05) is 24.3 Å². The molecule has 0 atom stereocenters. The lowest BCUT2D eigenvalue weighted by Gasteiger charge is -2.10. The fraction of sp³-hybridized carbons (Fsp3) is 0.0952. The Balaban J connectivity index is 1.80. The van der Waals surface area contributed by atoms with Gasteiger partial charge in [-0.05, 0) is 47.5 Å². The van der Waals surface area contributed by atoms with Gasteiger partial charge >= 0.3 is 0 Å². The van der Waals surface area contributed by atoms with Crippen LogP contribution in [0.15, 0.2) is 71.6 Å². The maximum absolute atomic E-state index is 13.1. The van der Waals surface area contributed by atoms with Gasteiger partial charge in [-0.25, -0.2) is 17.5 Å². The zero-order chi connectivity index (χ0) is 23.3. The third-order valence-corrected chi connectivity index (χ3v) is 5.78. The quantitative estimate of drug-likeness (QED) is 0.348. The summed E-state index contributed by atoms with van der Waals surface area (Å²) in [4.78, 5) is 22.5. The van der Waals surface area contributed by atoms with E-state index in [4.69, 9.17) is 5.11 Å². The summed E-state index contributed by atoms with van der Waals surface area (Å²) < 4.78 is 40.1. The molecule has 9 nitrogen and oxygen atoms in total. The van der Waals surface area contributed by atoms with Crippen LogP contribution >= 0.6 is 0 Å². The smallest absolute Gasteiger partial charge is 0.293 e. The highest BCUT2D eigenvalue weighted by Crippen LogP contribution is 2.27. The molecule has 0 aliphatic heterocycles. The standard InChI is InChI=1S/C21H18FN3O6S/c22-17-7-5-15(6-8-17)14-1-3-16(4-2-14)21(27)24-32(30,31)18-9-10-19(23-11-12-26)20(13-18)25(28)29/h1-10,13,23,26H,11-12H2,(H,24,27). The zero-order valence-corrected chi connectivity index (χ0v) is 17.3. The number of hydrogen-bond donors (Lipinski definition) is 3. The molecule has 0 heterocycles. The zero-order valence-electron chi connectivity index (χ0n) is 16.5. The Hall–Kier alpha value is -3.83. The molecule has 0 saturated heterocycles. The first-order chi connectivity index (χ1) is 15.2. The van der Waals surface area contributed by atoms with Crippen molar-refractivity contribution in [1.82, 2.24) is 4.72 Å². The largest absolute Gasteiger partial charge is 0.395 e. The van der Waals surface area contributed by atoms with Crippen LogP contribution in [0.3, 0.4) is 0 Å². The van der Waals surface area contributed by atoms with Crippen LogP contribution in [0.1, 0.15) is 10.4 Å². The number of nitrogens with zero attached hydrogens (tertiary/aromatic N) is 1. The van der Waals surface area contributed by atoms with E-state index in [1.807, 2.05) is 4.72 Å². The van der Waals surface area contributed by atoms with Crippen molar-refractivity contribution in [2.24, 2.45) is 0 Å². The molecular weight excluding hydrogens is 441 g/mol. The summed E-state index contributed by atoms with van der Waals surface area (Å²) in [5.74, 6) is -1.30. The van der Waals surface area contributed by atoms with Crippen LogP contribution in [0.5, 0.6) is 0 Å². The second kappa shape index (κ2) is 9.54. The van der Waals surface area contributed by atoms with Crippen LogP contribution < -0.4 is 10.0 Å². The molecule has 3 aromatic rings. The second-order valence-corrected chi connectivity index (χ2v) is 8.29. The first kappa shape index (κ1) is 22.8. The van der Waals surface area contributed by atoms with Gasteiger partial charge < -0.3 is 10.4 Å². The number of anilines is 1. The van der Waals surface area contributed by atoms with E-state index in [0.717, 1.165) is 12.1 Å². The van der Waals surface area contributed by atoms with Crippen LogP contribution in [0.2, 0.25) is 0 Å². The third kappa shape index (κ3) is 5.25. The molecule has 0 saturated carbocycles. The van der Waals surface area contributed by atoms with Crippen LogP contribution in [0.25, 0.3) is 11.1 Å². The van der Waals surface area contributed by atoms with Gasteiger partial charge in [0.25, 0.3) is 21.6 Å². The average Bonchev–Trinajstić information content (AvgIpc) is 2.77. The lowest BCUT2D eigenvalue weighted by atomic mass is 10.0. The van der Waals surface area contributed by atoms with E-state index in [1.54, 1.807) is 24.3 Å². The topological polar surface area (TPSA) is 139 Å². The number of amides is 1. The number of sulfonamides is 1. The number of aliphatic hydroxyl groups excluding tert-OH is 1. The Labute approximate surface area is 182 Å². The average molecular weight is 459 g/mol. The minimum absolute atomic E-state index is 0.0331. The summed E-state index contributed by atoms with van der Waals surface area (Å²) in [6.45, 7) is -0.231. The maximum atomic E-state index is 13.1. The summed E-state index contributed by atoms with van der Waals surface area (Å²) in [6, 6.07) is 14.8. The number of halogens is 1. The second-order valence-electron chi connectivity index (χ2n) is 6.61. The van der Waals surface area contributed by atoms with Crippen molar-refractivity contribution < 1.29 is 27.6 Å². The molecule has 0 unspecified atom stereocenters. The van der Waals surface area contributed by atoms with Crippen molar-refractivity contribution in [3.8, 4) is 11.1 Å². The summed E-state index contributed by atoms with van der Waals surface area (Å²) >= 11 is 0. The molecule has 0 bridgehead atoms. The first-order valence-corrected chi connectivity index (χ1v) is 10.8. The molecule has 11 heteroatoms. The first-order valence-electron chi connectivity index (χ1n) is 9.27. The predicted molar refractivity (Wildman–Crippen MR) is 115 cm³/mol.